The summed E-state index contributed by atoms with van der Waals surface area (Å²) in [4.78, 5) is 0. The van der Waals surface area contributed by atoms with Crippen LogP contribution in [0, 0.1) is 0 Å². The van der Waals surface area contributed by atoms with E-state index in [1.165, 1.54) is 0 Å². The Morgan fingerprint density at radius 1 is 1.00 bits per heavy atom. The van der Waals surface area contributed by atoms with Gasteiger partial charge in [-0.15, -0.1) is 0 Å². The summed E-state index contributed by atoms with van der Waals surface area (Å²) in [5.41, 5.74) is -1.01. The molecule has 0 saturated heterocycles. The zero-order valence-electron chi connectivity index (χ0n) is 14.7. The zero-order chi connectivity index (χ0) is 17.5. The molecule has 1 rings (SSSR count). The number of halogens is 3. The summed E-state index contributed by atoms with van der Waals surface area (Å²) in [6, 6.07) is 6.68. The maximum atomic E-state index is 13.6. The predicted octanol–water partition coefficient (Wildman–Crippen LogP) is 6.57. The summed E-state index contributed by atoms with van der Waals surface area (Å²) < 4.78 is 46.0. The number of unbranched alkanes of at least 4 members (excludes halogenated alkanes) is 3. The van der Waals surface area contributed by atoms with Crippen LogP contribution in [0.1, 0.15) is 76.8 Å². The second-order valence-electron chi connectivity index (χ2n) is 6.37. The molecule has 2 unspecified atom stereocenters. The van der Waals surface area contributed by atoms with E-state index in [9.17, 15) is 13.2 Å². The molecule has 0 amide bonds. The number of hydrogen-bond acceptors (Lipinski definition) is 1. The van der Waals surface area contributed by atoms with Crippen LogP contribution in [0.15, 0.2) is 24.3 Å². The minimum absolute atomic E-state index is 0.128. The highest BCUT2D eigenvalue weighted by molar-refractivity contribution is 5.30. The molecule has 1 nitrogen and oxygen atoms in total. The molecule has 0 heterocycles. The highest BCUT2D eigenvalue weighted by Crippen LogP contribution is 2.42. The van der Waals surface area contributed by atoms with E-state index in [1.807, 2.05) is 0 Å². The Balaban J connectivity index is 2.88. The molecule has 23 heavy (non-hydrogen) atoms. The molecule has 0 aliphatic heterocycles. The van der Waals surface area contributed by atoms with Crippen LogP contribution in [0.3, 0.4) is 0 Å². The van der Waals surface area contributed by atoms with E-state index < -0.39 is 11.8 Å². The van der Waals surface area contributed by atoms with E-state index in [2.05, 4.69) is 20.8 Å². The van der Waals surface area contributed by atoms with Crippen LogP contribution in [0.2, 0.25) is 0 Å². The number of ether oxygens (including phenoxy) is 1. The van der Waals surface area contributed by atoms with Gasteiger partial charge in [0.2, 0.25) is 0 Å². The van der Waals surface area contributed by atoms with Gasteiger partial charge >= 0.3 is 6.18 Å². The summed E-state index contributed by atoms with van der Waals surface area (Å²) in [5, 5.41) is 0. The molecule has 0 radical (unpaired) electrons. The van der Waals surface area contributed by atoms with Crippen LogP contribution in [-0.4, -0.2) is 12.8 Å². The van der Waals surface area contributed by atoms with Crippen LogP contribution in [0.4, 0.5) is 13.2 Å². The Bertz CT molecular complexity index is 453. The summed E-state index contributed by atoms with van der Waals surface area (Å²) >= 11 is 0. The fourth-order valence-corrected chi connectivity index (χ4v) is 2.50. The molecule has 1 aromatic rings. The second-order valence-corrected chi connectivity index (χ2v) is 6.37. The summed E-state index contributed by atoms with van der Waals surface area (Å²) in [6.07, 6.45) is 0.157. The Morgan fingerprint density at radius 3 is 2.09 bits per heavy atom. The van der Waals surface area contributed by atoms with E-state index in [0.29, 0.717) is 12.3 Å². The third kappa shape index (κ3) is 5.23. The normalized spacial score (nSPS) is 16.1. The van der Waals surface area contributed by atoms with Gasteiger partial charge in [-0.25, -0.2) is 0 Å². The van der Waals surface area contributed by atoms with Crippen LogP contribution in [0.25, 0.3) is 0 Å². The third-order valence-electron chi connectivity index (χ3n) is 4.57. The number of rotatable bonds is 9. The lowest BCUT2D eigenvalue weighted by Crippen LogP contribution is -2.42. The number of hydrogen-bond donors (Lipinski definition) is 0. The van der Waals surface area contributed by atoms with Gasteiger partial charge in [0.15, 0.2) is 5.60 Å². The topological polar surface area (TPSA) is 9.23 Å². The number of benzene rings is 1. The van der Waals surface area contributed by atoms with Crippen LogP contribution in [0.5, 0.6) is 0 Å². The lowest BCUT2D eigenvalue weighted by Gasteiger charge is -2.33. The van der Waals surface area contributed by atoms with Crippen molar-refractivity contribution in [2.75, 3.05) is 6.61 Å². The molecule has 132 valence electrons. The summed E-state index contributed by atoms with van der Waals surface area (Å²) in [6.45, 7) is 7.47. The minimum Gasteiger partial charge on any atom is -0.361 e. The fraction of sp³-hybridized carbons (Fsp3) is 0.684. The molecule has 1 aromatic carbocycles. The zero-order valence-corrected chi connectivity index (χ0v) is 14.7. The van der Waals surface area contributed by atoms with Crippen molar-refractivity contribution in [3.63, 3.8) is 0 Å². The molecular formula is C19H29F3O. The first-order chi connectivity index (χ1) is 10.8. The Hall–Kier alpha value is -1.03. The van der Waals surface area contributed by atoms with Gasteiger partial charge in [0, 0.05) is 6.61 Å². The van der Waals surface area contributed by atoms with Crippen molar-refractivity contribution in [2.24, 2.45) is 0 Å². The van der Waals surface area contributed by atoms with Crippen LogP contribution < -0.4 is 0 Å². The predicted molar refractivity (Wildman–Crippen MR) is 88.6 cm³/mol. The van der Waals surface area contributed by atoms with Crippen molar-refractivity contribution in [3.8, 4) is 0 Å². The van der Waals surface area contributed by atoms with E-state index in [-0.39, 0.29) is 12.2 Å². The molecule has 0 saturated carbocycles. The molecule has 0 N–H and O–H groups in total. The van der Waals surface area contributed by atoms with E-state index in [1.54, 1.807) is 24.3 Å². The van der Waals surface area contributed by atoms with Gasteiger partial charge in [-0.05, 0) is 36.8 Å². The minimum atomic E-state index is -4.43. The first kappa shape index (κ1) is 20.0. The first-order valence-corrected chi connectivity index (χ1v) is 8.57. The lowest BCUT2D eigenvalue weighted by atomic mass is 9.91. The van der Waals surface area contributed by atoms with Gasteiger partial charge in [-0.1, -0.05) is 64.3 Å². The molecule has 4 heteroatoms. The number of alkyl halides is 3. The maximum Gasteiger partial charge on any atom is 0.421 e. The van der Waals surface area contributed by atoms with Crippen molar-refractivity contribution in [2.45, 2.75) is 77.5 Å². The SMILES string of the molecule is CCCCCCOC(C)(c1ccc(C(C)CC)cc1)C(F)(F)F. The summed E-state index contributed by atoms with van der Waals surface area (Å²) in [5.74, 6) is 0.344. The van der Waals surface area contributed by atoms with E-state index in [4.69, 9.17) is 4.74 Å². The largest absolute Gasteiger partial charge is 0.421 e. The van der Waals surface area contributed by atoms with E-state index >= 15 is 0 Å². The molecular weight excluding hydrogens is 301 g/mol. The van der Waals surface area contributed by atoms with Crippen molar-refractivity contribution >= 4 is 0 Å². The van der Waals surface area contributed by atoms with E-state index in [0.717, 1.165) is 38.2 Å². The second kappa shape index (κ2) is 8.72. The highest BCUT2D eigenvalue weighted by Gasteiger charge is 2.53. The fourth-order valence-electron chi connectivity index (χ4n) is 2.50. The molecule has 0 bridgehead atoms. The lowest BCUT2D eigenvalue weighted by molar-refractivity contribution is -0.278. The Morgan fingerprint density at radius 2 is 1.61 bits per heavy atom. The molecule has 0 aliphatic rings. The average molecular weight is 330 g/mol. The van der Waals surface area contributed by atoms with Crippen molar-refractivity contribution in [1.82, 2.24) is 0 Å². The summed E-state index contributed by atoms with van der Waals surface area (Å²) in [7, 11) is 0. The van der Waals surface area contributed by atoms with Crippen molar-refractivity contribution in [3.05, 3.63) is 35.4 Å². The van der Waals surface area contributed by atoms with Crippen molar-refractivity contribution in [1.29, 1.82) is 0 Å². The van der Waals surface area contributed by atoms with Gasteiger partial charge in [-0.2, -0.15) is 13.2 Å². The van der Waals surface area contributed by atoms with Gasteiger partial charge < -0.3 is 4.74 Å². The first-order valence-electron chi connectivity index (χ1n) is 8.57. The molecule has 0 fully saturated rings. The van der Waals surface area contributed by atoms with Gasteiger partial charge in [0.25, 0.3) is 0 Å². The monoisotopic (exact) mass is 330 g/mol. The quantitative estimate of drug-likeness (QED) is 0.465. The smallest absolute Gasteiger partial charge is 0.361 e. The average Bonchev–Trinajstić information content (AvgIpc) is 2.52. The van der Waals surface area contributed by atoms with Gasteiger partial charge in [0.1, 0.15) is 0 Å². The Labute approximate surface area is 138 Å². The maximum absolute atomic E-state index is 13.6. The van der Waals surface area contributed by atoms with Crippen molar-refractivity contribution < 1.29 is 17.9 Å². The van der Waals surface area contributed by atoms with Crippen LogP contribution >= 0.6 is 0 Å². The Kier molecular flexibility index (Phi) is 7.59. The molecule has 0 aromatic heterocycles. The van der Waals surface area contributed by atoms with Gasteiger partial charge in [-0.3, -0.25) is 0 Å². The van der Waals surface area contributed by atoms with Gasteiger partial charge in [0.05, 0.1) is 0 Å². The van der Waals surface area contributed by atoms with Crippen LogP contribution in [-0.2, 0) is 10.3 Å². The molecule has 0 aliphatic carbocycles. The molecule has 0 spiro atoms. The highest BCUT2D eigenvalue weighted by atomic mass is 19.4. The standard InChI is InChI=1S/C19H29F3O/c1-5-7-8-9-14-23-18(4,19(20,21)22)17-12-10-16(11-13-17)15(3)6-2/h10-13,15H,5-9,14H2,1-4H3. The third-order valence-corrected chi connectivity index (χ3v) is 4.57. The molecule has 2 atom stereocenters.